The molecule has 1 amide bonds. The number of thiophene rings is 1. The van der Waals surface area contributed by atoms with Gasteiger partial charge in [-0.2, -0.15) is 0 Å². The standard InChI is InChI=1S/C21H21FN2O4S2/c1-23(14-16-5-11-19(28-2)12-6-16)20(25)15-24(18-9-7-17(22)8-10-18)30(26,27)21-4-3-13-29-21/h3-13H,14-15H2,1-2H3. The number of halogens is 1. The normalized spacial score (nSPS) is 11.2. The van der Waals surface area contributed by atoms with Crippen molar-refractivity contribution in [3.63, 3.8) is 0 Å². The van der Waals surface area contributed by atoms with Crippen LogP contribution in [0.3, 0.4) is 0 Å². The van der Waals surface area contributed by atoms with Crippen molar-refractivity contribution in [1.29, 1.82) is 0 Å². The lowest BCUT2D eigenvalue weighted by atomic mass is 10.2. The van der Waals surface area contributed by atoms with Gasteiger partial charge in [0, 0.05) is 13.6 Å². The zero-order valence-corrected chi connectivity index (χ0v) is 18.1. The van der Waals surface area contributed by atoms with Crippen LogP contribution < -0.4 is 9.04 Å². The maximum atomic E-state index is 13.4. The van der Waals surface area contributed by atoms with Crippen LogP contribution >= 0.6 is 11.3 Å². The third-order valence-electron chi connectivity index (χ3n) is 4.44. The van der Waals surface area contributed by atoms with Crippen LogP contribution in [0, 0.1) is 5.82 Å². The lowest BCUT2D eigenvalue weighted by molar-refractivity contribution is -0.128. The number of amides is 1. The van der Waals surface area contributed by atoms with Gasteiger partial charge in [0.05, 0.1) is 12.8 Å². The van der Waals surface area contributed by atoms with Gasteiger partial charge in [0.1, 0.15) is 22.3 Å². The molecule has 0 saturated carbocycles. The summed E-state index contributed by atoms with van der Waals surface area (Å²) < 4.78 is 45.8. The smallest absolute Gasteiger partial charge is 0.274 e. The van der Waals surface area contributed by atoms with Crippen LogP contribution in [0.15, 0.2) is 70.3 Å². The van der Waals surface area contributed by atoms with Gasteiger partial charge < -0.3 is 9.64 Å². The summed E-state index contributed by atoms with van der Waals surface area (Å²) in [5.74, 6) is -0.178. The second kappa shape index (κ2) is 9.27. The number of nitrogens with zero attached hydrogens (tertiary/aromatic N) is 2. The van der Waals surface area contributed by atoms with Gasteiger partial charge in [-0.25, -0.2) is 12.8 Å². The molecule has 0 saturated heterocycles. The number of carbonyl (C=O) groups excluding carboxylic acids is 1. The quantitative estimate of drug-likeness (QED) is 0.526. The van der Waals surface area contributed by atoms with Crippen molar-refractivity contribution < 1.29 is 22.3 Å². The van der Waals surface area contributed by atoms with E-state index in [-0.39, 0.29) is 9.90 Å². The van der Waals surface area contributed by atoms with Gasteiger partial charge in [0.2, 0.25) is 5.91 Å². The van der Waals surface area contributed by atoms with Gasteiger partial charge in [-0.3, -0.25) is 9.10 Å². The highest BCUT2D eigenvalue weighted by atomic mass is 32.2. The first-order valence-corrected chi connectivity index (χ1v) is 11.3. The lowest BCUT2D eigenvalue weighted by Crippen LogP contribution is -2.41. The fourth-order valence-electron chi connectivity index (χ4n) is 2.78. The molecule has 3 rings (SSSR count). The average molecular weight is 449 g/mol. The average Bonchev–Trinajstić information content (AvgIpc) is 3.29. The second-order valence-electron chi connectivity index (χ2n) is 6.52. The molecule has 6 nitrogen and oxygen atoms in total. The molecular formula is C21H21FN2O4S2. The first kappa shape index (κ1) is 21.8. The Bertz CT molecular complexity index is 1080. The zero-order valence-electron chi connectivity index (χ0n) is 16.5. The van der Waals surface area contributed by atoms with Gasteiger partial charge in [-0.15, -0.1) is 11.3 Å². The molecule has 1 heterocycles. The molecule has 30 heavy (non-hydrogen) atoms. The van der Waals surface area contributed by atoms with E-state index >= 15 is 0 Å². The summed E-state index contributed by atoms with van der Waals surface area (Å²) in [5, 5.41) is 1.65. The minimum Gasteiger partial charge on any atom is -0.497 e. The molecule has 0 fully saturated rings. The van der Waals surface area contributed by atoms with Crippen LogP contribution in [0.4, 0.5) is 10.1 Å². The summed E-state index contributed by atoms with van der Waals surface area (Å²) >= 11 is 1.06. The summed E-state index contributed by atoms with van der Waals surface area (Å²) in [4.78, 5) is 14.3. The number of carbonyl (C=O) groups is 1. The van der Waals surface area contributed by atoms with Crippen LogP contribution in [0.25, 0.3) is 0 Å². The van der Waals surface area contributed by atoms with Crippen molar-refractivity contribution in [3.8, 4) is 5.75 Å². The Kier molecular flexibility index (Phi) is 6.73. The monoisotopic (exact) mass is 448 g/mol. The van der Waals surface area contributed by atoms with E-state index in [0.717, 1.165) is 33.3 Å². The SMILES string of the molecule is COc1ccc(CN(C)C(=O)CN(c2ccc(F)cc2)S(=O)(=O)c2cccs2)cc1. The molecule has 0 spiro atoms. The topological polar surface area (TPSA) is 66.9 Å². The van der Waals surface area contributed by atoms with Crippen molar-refractivity contribution in [2.45, 2.75) is 10.8 Å². The molecule has 0 N–H and O–H groups in total. The number of sulfonamides is 1. The Morgan fingerprint density at radius 1 is 1.07 bits per heavy atom. The predicted octanol–water partition coefficient (Wildman–Crippen LogP) is 3.75. The Labute approximate surface area is 179 Å². The van der Waals surface area contributed by atoms with Crippen molar-refractivity contribution >= 4 is 33.0 Å². The fourth-order valence-corrected chi connectivity index (χ4v) is 5.30. The Hall–Kier alpha value is -2.91. The fraction of sp³-hybridized carbons (Fsp3) is 0.190. The summed E-state index contributed by atoms with van der Waals surface area (Å²) in [7, 11) is -0.792. The van der Waals surface area contributed by atoms with Crippen LogP contribution in [0.2, 0.25) is 0 Å². The molecule has 1 aromatic heterocycles. The molecule has 2 aromatic carbocycles. The minimum absolute atomic E-state index is 0.109. The van der Waals surface area contributed by atoms with Crippen LogP contribution in [0.1, 0.15) is 5.56 Å². The van der Waals surface area contributed by atoms with E-state index < -0.39 is 28.3 Å². The number of benzene rings is 2. The number of likely N-dealkylation sites (N-methyl/N-ethyl adjacent to an activating group) is 1. The minimum atomic E-state index is -3.97. The van der Waals surface area contributed by atoms with Gasteiger partial charge >= 0.3 is 0 Å². The van der Waals surface area contributed by atoms with Crippen molar-refractivity contribution in [2.75, 3.05) is 25.0 Å². The molecule has 3 aromatic rings. The largest absolute Gasteiger partial charge is 0.497 e. The molecule has 0 unspecified atom stereocenters. The third kappa shape index (κ3) is 4.98. The van der Waals surface area contributed by atoms with E-state index in [1.807, 2.05) is 12.1 Å². The van der Waals surface area contributed by atoms with Crippen molar-refractivity contribution in [2.24, 2.45) is 0 Å². The summed E-state index contributed by atoms with van der Waals surface area (Å²) in [6, 6.07) is 15.4. The highest BCUT2D eigenvalue weighted by molar-refractivity contribution is 7.94. The molecular weight excluding hydrogens is 427 g/mol. The highest BCUT2D eigenvalue weighted by Crippen LogP contribution is 2.27. The number of ether oxygens (including phenoxy) is 1. The Balaban J connectivity index is 1.83. The van der Waals surface area contributed by atoms with E-state index in [1.54, 1.807) is 37.7 Å². The number of hydrogen-bond acceptors (Lipinski definition) is 5. The molecule has 0 radical (unpaired) electrons. The van der Waals surface area contributed by atoms with Crippen LogP contribution in [0.5, 0.6) is 5.75 Å². The number of anilines is 1. The van der Waals surface area contributed by atoms with E-state index in [9.17, 15) is 17.6 Å². The Morgan fingerprint density at radius 3 is 2.30 bits per heavy atom. The summed E-state index contributed by atoms with van der Waals surface area (Å²) in [5.41, 5.74) is 1.09. The van der Waals surface area contributed by atoms with Gasteiger partial charge in [-0.05, 0) is 53.4 Å². The maximum Gasteiger partial charge on any atom is 0.274 e. The zero-order chi connectivity index (χ0) is 21.7. The molecule has 9 heteroatoms. The maximum absolute atomic E-state index is 13.4. The van der Waals surface area contributed by atoms with Crippen molar-refractivity contribution in [3.05, 3.63) is 77.4 Å². The van der Waals surface area contributed by atoms with E-state index in [1.165, 1.54) is 23.1 Å². The lowest BCUT2D eigenvalue weighted by Gasteiger charge is -2.26. The molecule has 0 bridgehead atoms. The first-order chi connectivity index (χ1) is 14.3. The molecule has 0 aliphatic rings. The number of hydrogen-bond donors (Lipinski definition) is 0. The number of rotatable bonds is 8. The summed E-state index contributed by atoms with van der Waals surface area (Å²) in [6.07, 6.45) is 0. The predicted molar refractivity (Wildman–Crippen MR) is 115 cm³/mol. The van der Waals surface area contributed by atoms with E-state index in [2.05, 4.69) is 0 Å². The molecule has 0 atom stereocenters. The van der Waals surface area contributed by atoms with E-state index in [4.69, 9.17) is 4.74 Å². The Morgan fingerprint density at radius 2 is 1.73 bits per heavy atom. The van der Waals surface area contributed by atoms with Crippen molar-refractivity contribution in [1.82, 2.24) is 4.90 Å². The highest BCUT2D eigenvalue weighted by Gasteiger charge is 2.29. The molecule has 158 valence electrons. The summed E-state index contributed by atoms with van der Waals surface area (Å²) in [6.45, 7) is -0.0995. The molecule has 0 aliphatic carbocycles. The van der Waals surface area contributed by atoms with Gasteiger partial charge in [-0.1, -0.05) is 18.2 Å². The van der Waals surface area contributed by atoms with Gasteiger partial charge in [0.25, 0.3) is 10.0 Å². The van der Waals surface area contributed by atoms with Crippen LogP contribution in [-0.2, 0) is 21.4 Å². The first-order valence-electron chi connectivity index (χ1n) is 9.00. The third-order valence-corrected chi connectivity index (χ3v) is 7.58. The van der Waals surface area contributed by atoms with E-state index in [0.29, 0.717) is 12.3 Å². The van der Waals surface area contributed by atoms with Crippen LogP contribution in [-0.4, -0.2) is 39.9 Å². The molecule has 0 aliphatic heterocycles. The second-order valence-corrected chi connectivity index (χ2v) is 9.55. The van der Waals surface area contributed by atoms with Gasteiger partial charge in [0.15, 0.2) is 0 Å². The number of methoxy groups -OCH3 is 1.